The van der Waals surface area contributed by atoms with Crippen LogP contribution >= 0.6 is 11.3 Å². The summed E-state index contributed by atoms with van der Waals surface area (Å²) in [6, 6.07) is 2.02. The SMILES string of the molecule is CC1CCC(c2nc(NN)c3ccsc3n2)CC1. The Morgan fingerprint density at radius 3 is 2.78 bits per heavy atom. The second-order valence-electron chi connectivity index (χ2n) is 5.17. The molecule has 0 amide bonds. The third kappa shape index (κ3) is 2.08. The number of thiophene rings is 1. The van der Waals surface area contributed by atoms with Crippen molar-refractivity contribution < 1.29 is 0 Å². The van der Waals surface area contributed by atoms with Gasteiger partial charge in [0.25, 0.3) is 0 Å². The van der Waals surface area contributed by atoms with Crippen molar-refractivity contribution in [2.24, 2.45) is 11.8 Å². The first kappa shape index (κ1) is 11.9. The minimum Gasteiger partial charge on any atom is -0.308 e. The first-order valence-corrected chi connectivity index (χ1v) is 7.37. The molecule has 0 unspecified atom stereocenters. The lowest BCUT2D eigenvalue weighted by Crippen LogP contribution is -2.16. The standard InChI is InChI=1S/C13H18N4S/c1-8-2-4-9(5-3-8)11-15-12(17-14)10-6-7-18-13(10)16-11/h6-9H,2-5,14H2,1H3,(H,15,16,17). The van der Waals surface area contributed by atoms with Crippen LogP contribution in [-0.2, 0) is 0 Å². The quantitative estimate of drug-likeness (QED) is 0.644. The second kappa shape index (κ2) is 4.82. The summed E-state index contributed by atoms with van der Waals surface area (Å²) in [7, 11) is 0. The normalized spacial score (nSPS) is 24.3. The number of hydrazine groups is 1. The van der Waals surface area contributed by atoms with Gasteiger partial charge in [0.05, 0.1) is 5.39 Å². The van der Waals surface area contributed by atoms with Crippen LogP contribution in [0.1, 0.15) is 44.3 Å². The smallest absolute Gasteiger partial charge is 0.152 e. The number of hydrogen-bond acceptors (Lipinski definition) is 5. The van der Waals surface area contributed by atoms with E-state index in [0.717, 1.165) is 27.8 Å². The molecular formula is C13H18N4S. The van der Waals surface area contributed by atoms with Crippen LogP contribution in [0.4, 0.5) is 5.82 Å². The molecule has 18 heavy (non-hydrogen) atoms. The van der Waals surface area contributed by atoms with Crippen molar-refractivity contribution in [2.45, 2.75) is 38.5 Å². The highest BCUT2D eigenvalue weighted by atomic mass is 32.1. The van der Waals surface area contributed by atoms with Crippen molar-refractivity contribution in [1.82, 2.24) is 9.97 Å². The third-order valence-electron chi connectivity index (χ3n) is 3.86. The molecule has 0 aromatic carbocycles. The van der Waals surface area contributed by atoms with Gasteiger partial charge in [-0.1, -0.05) is 19.8 Å². The van der Waals surface area contributed by atoms with Gasteiger partial charge in [0.1, 0.15) is 10.7 Å². The summed E-state index contributed by atoms with van der Waals surface area (Å²) in [5, 5.41) is 3.06. The van der Waals surface area contributed by atoms with E-state index >= 15 is 0 Å². The Hall–Kier alpha value is -1.20. The van der Waals surface area contributed by atoms with Crippen LogP contribution in [0.15, 0.2) is 11.4 Å². The summed E-state index contributed by atoms with van der Waals surface area (Å²) in [5.74, 6) is 8.63. The Morgan fingerprint density at radius 1 is 1.28 bits per heavy atom. The molecule has 2 aromatic rings. The number of nitrogens with one attached hydrogen (secondary N) is 1. The maximum absolute atomic E-state index is 5.56. The number of hydrogen-bond donors (Lipinski definition) is 2. The molecule has 5 heteroatoms. The van der Waals surface area contributed by atoms with Crippen LogP contribution in [0.25, 0.3) is 10.2 Å². The zero-order valence-electron chi connectivity index (χ0n) is 10.5. The summed E-state index contributed by atoms with van der Waals surface area (Å²) in [4.78, 5) is 10.3. The zero-order chi connectivity index (χ0) is 12.5. The highest BCUT2D eigenvalue weighted by Gasteiger charge is 2.23. The molecule has 0 atom stereocenters. The topological polar surface area (TPSA) is 63.8 Å². The van der Waals surface area contributed by atoms with Gasteiger partial charge in [-0.25, -0.2) is 15.8 Å². The summed E-state index contributed by atoms with van der Waals surface area (Å²) >= 11 is 1.65. The fourth-order valence-electron chi connectivity index (χ4n) is 2.68. The maximum atomic E-state index is 5.56. The number of nitrogens with zero attached hydrogens (tertiary/aromatic N) is 2. The Balaban J connectivity index is 1.96. The van der Waals surface area contributed by atoms with Crippen LogP contribution < -0.4 is 11.3 Å². The lowest BCUT2D eigenvalue weighted by atomic mass is 9.82. The third-order valence-corrected chi connectivity index (χ3v) is 4.67. The highest BCUT2D eigenvalue weighted by molar-refractivity contribution is 7.16. The van der Waals surface area contributed by atoms with E-state index in [9.17, 15) is 0 Å². The number of nitrogens with two attached hydrogens (primary N) is 1. The molecule has 1 saturated carbocycles. The van der Waals surface area contributed by atoms with E-state index < -0.39 is 0 Å². The van der Waals surface area contributed by atoms with Gasteiger partial charge < -0.3 is 5.43 Å². The van der Waals surface area contributed by atoms with Gasteiger partial charge in [0.2, 0.25) is 0 Å². The van der Waals surface area contributed by atoms with E-state index in [4.69, 9.17) is 10.8 Å². The monoisotopic (exact) mass is 262 g/mol. The van der Waals surface area contributed by atoms with E-state index in [1.54, 1.807) is 11.3 Å². The molecular weight excluding hydrogens is 244 g/mol. The molecule has 0 bridgehead atoms. The molecule has 0 aliphatic heterocycles. The molecule has 0 saturated heterocycles. The largest absolute Gasteiger partial charge is 0.308 e. The molecule has 3 N–H and O–H groups in total. The van der Waals surface area contributed by atoms with Crippen LogP contribution in [0.3, 0.4) is 0 Å². The lowest BCUT2D eigenvalue weighted by molar-refractivity contribution is 0.340. The van der Waals surface area contributed by atoms with E-state index in [0.29, 0.717) is 5.92 Å². The molecule has 0 spiro atoms. The Morgan fingerprint density at radius 2 is 2.06 bits per heavy atom. The minimum atomic E-state index is 0.500. The van der Waals surface area contributed by atoms with Crippen molar-refractivity contribution in [3.8, 4) is 0 Å². The zero-order valence-corrected chi connectivity index (χ0v) is 11.3. The fraction of sp³-hybridized carbons (Fsp3) is 0.538. The van der Waals surface area contributed by atoms with Crippen molar-refractivity contribution >= 4 is 27.4 Å². The van der Waals surface area contributed by atoms with E-state index in [1.807, 2.05) is 11.4 Å². The van der Waals surface area contributed by atoms with Gasteiger partial charge in [-0.05, 0) is 30.2 Å². The summed E-state index contributed by atoms with van der Waals surface area (Å²) in [6.45, 7) is 2.33. The summed E-state index contributed by atoms with van der Waals surface area (Å²) in [5.41, 5.74) is 2.70. The van der Waals surface area contributed by atoms with Crippen LogP contribution in [0.2, 0.25) is 0 Å². The van der Waals surface area contributed by atoms with E-state index in [-0.39, 0.29) is 0 Å². The van der Waals surface area contributed by atoms with Crippen molar-refractivity contribution in [3.05, 3.63) is 17.3 Å². The van der Waals surface area contributed by atoms with Crippen LogP contribution in [-0.4, -0.2) is 9.97 Å². The highest BCUT2D eigenvalue weighted by Crippen LogP contribution is 2.36. The van der Waals surface area contributed by atoms with Crippen LogP contribution in [0.5, 0.6) is 0 Å². The summed E-state index contributed by atoms with van der Waals surface area (Å²) < 4.78 is 0. The molecule has 1 fully saturated rings. The van der Waals surface area contributed by atoms with Gasteiger partial charge in [-0.2, -0.15) is 0 Å². The van der Waals surface area contributed by atoms with E-state index in [1.165, 1.54) is 25.7 Å². The molecule has 0 radical (unpaired) electrons. The van der Waals surface area contributed by atoms with Gasteiger partial charge in [-0.15, -0.1) is 11.3 Å². The molecule has 2 aromatic heterocycles. The average molecular weight is 262 g/mol. The number of aromatic nitrogens is 2. The predicted octanol–water partition coefficient (Wildman–Crippen LogP) is 3.27. The Bertz CT molecular complexity index is 543. The van der Waals surface area contributed by atoms with Crippen molar-refractivity contribution in [3.63, 3.8) is 0 Å². The first-order valence-electron chi connectivity index (χ1n) is 6.49. The minimum absolute atomic E-state index is 0.500. The second-order valence-corrected chi connectivity index (χ2v) is 6.07. The molecule has 3 rings (SSSR count). The molecule has 96 valence electrons. The molecule has 1 aliphatic carbocycles. The number of fused-ring (bicyclic) bond motifs is 1. The van der Waals surface area contributed by atoms with Crippen LogP contribution in [0, 0.1) is 5.92 Å². The first-order chi connectivity index (χ1) is 8.78. The van der Waals surface area contributed by atoms with Crippen molar-refractivity contribution in [2.75, 3.05) is 5.43 Å². The van der Waals surface area contributed by atoms with Crippen molar-refractivity contribution in [1.29, 1.82) is 0 Å². The molecule has 2 heterocycles. The molecule has 4 nitrogen and oxygen atoms in total. The maximum Gasteiger partial charge on any atom is 0.152 e. The van der Waals surface area contributed by atoms with Gasteiger partial charge >= 0.3 is 0 Å². The number of nitrogen functional groups attached to an aromatic ring is 1. The van der Waals surface area contributed by atoms with E-state index in [2.05, 4.69) is 17.3 Å². The number of rotatable bonds is 2. The van der Waals surface area contributed by atoms with Gasteiger partial charge in [0.15, 0.2) is 5.82 Å². The summed E-state index contributed by atoms with van der Waals surface area (Å²) in [6.07, 6.45) is 4.95. The van der Waals surface area contributed by atoms with Gasteiger partial charge in [0, 0.05) is 5.92 Å². The Labute approximate surface area is 111 Å². The lowest BCUT2D eigenvalue weighted by Gasteiger charge is -2.25. The number of anilines is 1. The molecule has 1 aliphatic rings. The Kier molecular flexibility index (Phi) is 3.18. The average Bonchev–Trinajstić information content (AvgIpc) is 2.86. The van der Waals surface area contributed by atoms with Gasteiger partial charge in [-0.3, -0.25) is 0 Å². The fourth-order valence-corrected chi connectivity index (χ4v) is 3.45. The predicted molar refractivity (Wildman–Crippen MR) is 75.6 cm³/mol.